The van der Waals surface area contributed by atoms with E-state index in [1.165, 1.54) is 5.56 Å². The molecule has 0 aliphatic carbocycles. The number of rotatable bonds is 7. The summed E-state index contributed by atoms with van der Waals surface area (Å²) in [6.45, 7) is 2.45. The lowest BCUT2D eigenvalue weighted by molar-refractivity contribution is 0.106. The highest BCUT2D eigenvalue weighted by Gasteiger charge is 2.15. The molecular formula is C13H22N2O. The summed E-state index contributed by atoms with van der Waals surface area (Å²) in [6.07, 6.45) is 1.02. The molecule has 1 aromatic rings. The lowest BCUT2D eigenvalue weighted by Crippen LogP contribution is -2.30. The average molecular weight is 222 g/mol. The maximum absolute atomic E-state index is 5.53. The molecule has 0 saturated carbocycles. The number of benzene rings is 1. The average Bonchev–Trinajstić information content (AvgIpc) is 2.34. The van der Waals surface area contributed by atoms with Crippen LogP contribution >= 0.6 is 0 Å². The van der Waals surface area contributed by atoms with E-state index >= 15 is 0 Å². The first-order valence-electron chi connectivity index (χ1n) is 5.73. The maximum Gasteiger partial charge on any atom is 0.0659 e. The van der Waals surface area contributed by atoms with Crippen LogP contribution < -0.4 is 5.73 Å². The van der Waals surface area contributed by atoms with Crippen LogP contribution in [0.3, 0.4) is 0 Å². The summed E-state index contributed by atoms with van der Waals surface area (Å²) in [5.74, 6) is 0. The Morgan fingerprint density at radius 3 is 2.56 bits per heavy atom. The second kappa shape index (κ2) is 7.39. The predicted molar refractivity (Wildman–Crippen MR) is 67.4 cm³/mol. The Morgan fingerprint density at radius 1 is 1.31 bits per heavy atom. The zero-order valence-electron chi connectivity index (χ0n) is 10.2. The fourth-order valence-corrected chi connectivity index (χ4v) is 1.81. The second-order valence-corrected chi connectivity index (χ2v) is 4.00. The van der Waals surface area contributed by atoms with E-state index in [0.717, 1.165) is 19.5 Å². The maximum atomic E-state index is 5.53. The summed E-state index contributed by atoms with van der Waals surface area (Å²) in [7, 11) is 3.86. The SMILES string of the molecule is COCC(c1ccccc1)N(C)CCCN. The third-order valence-electron chi connectivity index (χ3n) is 2.76. The van der Waals surface area contributed by atoms with Gasteiger partial charge in [0.05, 0.1) is 12.6 Å². The van der Waals surface area contributed by atoms with E-state index in [4.69, 9.17) is 10.5 Å². The van der Waals surface area contributed by atoms with Crippen molar-refractivity contribution in [2.24, 2.45) is 5.73 Å². The molecule has 1 aromatic carbocycles. The van der Waals surface area contributed by atoms with Crippen molar-refractivity contribution in [1.29, 1.82) is 0 Å². The molecule has 90 valence electrons. The first-order chi connectivity index (χ1) is 7.79. The van der Waals surface area contributed by atoms with Crippen LogP contribution in [0.5, 0.6) is 0 Å². The third-order valence-corrected chi connectivity index (χ3v) is 2.76. The molecule has 3 heteroatoms. The minimum atomic E-state index is 0.317. The van der Waals surface area contributed by atoms with Crippen molar-refractivity contribution >= 4 is 0 Å². The molecular weight excluding hydrogens is 200 g/mol. The Morgan fingerprint density at radius 2 is 2.00 bits per heavy atom. The van der Waals surface area contributed by atoms with Crippen LogP contribution in [-0.4, -0.2) is 38.8 Å². The molecule has 0 spiro atoms. The van der Waals surface area contributed by atoms with Gasteiger partial charge in [0.1, 0.15) is 0 Å². The van der Waals surface area contributed by atoms with Crippen molar-refractivity contribution in [3.05, 3.63) is 35.9 Å². The van der Waals surface area contributed by atoms with Gasteiger partial charge in [-0.15, -0.1) is 0 Å². The van der Waals surface area contributed by atoms with Gasteiger partial charge < -0.3 is 10.5 Å². The highest BCUT2D eigenvalue weighted by atomic mass is 16.5. The Labute approximate surface area is 98.2 Å². The molecule has 0 saturated heterocycles. The van der Waals surface area contributed by atoms with Crippen LogP contribution in [0.25, 0.3) is 0 Å². The van der Waals surface area contributed by atoms with Gasteiger partial charge in [-0.25, -0.2) is 0 Å². The first-order valence-corrected chi connectivity index (χ1v) is 5.73. The van der Waals surface area contributed by atoms with Gasteiger partial charge in [0, 0.05) is 7.11 Å². The number of hydrogen-bond donors (Lipinski definition) is 1. The van der Waals surface area contributed by atoms with Gasteiger partial charge in [-0.3, -0.25) is 4.90 Å². The number of ether oxygens (including phenoxy) is 1. The van der Waals surface area contributed by atoms with Gasteiger partial charge in [-0.1, -0.05) is 30.3 Å². The Hall–Kier alpha value is -0.900. The minimum Gasteiger partial charge on any atom is -0.383 e. The van der Waals surface area contributed by atoms with Crippen molar-refractivity contribution in [3.63, 3.8) is 0 Å². The van der Waals surface area contributed by atoms with E-state index in [0.29, 0.717) is 12.6 Å². The van der Waals surface area contributed by atoms with Crippen molar-refractivity contribution in [3.8, 4) is 0 Å². The Balaban J connectivity index is 2.66. The van der Waals surface area contributed by atoms with E-state index in [1.54, 1.807) is 7.11 Å². The fraction of sp³-hybridized carbons (Fsp3) is 0.538. The molecule has 2 N–H and O–H groups in total. The van der Waals surface area contributed by atoms with Crippen molar-refractivity contribution in [2.45, 2.75) is 12.5 Å². The molecule has 0 aliphatic rings. The summed E-state index contributed by atoms with van der Waals surface area (Å²) in [5, 5.41) is 0. The summed E-state index contributed by atoms with van der Waals surface area (Å²) in [5.41, 5.74) is 6.83. The second-order valence-electron chi connectivity index (χ2n) is 4.00. The number of methoxy groups -OCH3 is 1. The minimum absolute atomic E-state index is 0.317. The van der Waals surface area contributed by atoms with Gasteiger partial charge in [0.25, 0.3) is 0 Å². The van der Waals surface area contributed by atoms with Gasteiger partial charge in [-0.2, -0.15) is 0 Å². The number of likely N-dealkylation sites (N-methyl/N-ethyl adjacent to an activating group) is 1. The van der Waals surface area contributed by atoms with Crippen LogP contribution in [0, 0.1) is 0 Å². The molecule has 1 unspecified atom stereocenters. The number of nitrogens with two attached hydrogens (primary N) is 1. The number of hydrogen-bond acceptors (Lipinski definition) is 3. The van der Waals surface area contributed by atoms with E-state index in [-0.39, 0.29) is 0 Å². The molecule has 0 heterocycles. The van der Waals surface area contributed by atoms with E-state index in [9.17, 15) is 0 Å². The van der Waals surface area contributed by atoms with Crippen LogP contribution in [0.2, 0.25) is 0 Å². The Bertz CT molecular complexity index is 277. The van der Waals surface area contributed by atoms with Gasteiger partial charge in [0.2, 0.25) is 0 Å². The van der Waals surface area contributed by atoms with Crippen molar-refractivity contribution < 1.29 is 4.74 Å². The molecule has 0 radical (unpaired) electrons. The summed E-state index contributed by atoms with van der Waals surface area (Å²) in [4.78, 5) is 2.30. The lowest BCUT2D eigenvalue weighted by atomic mass is 10.1. The number of nitrogens with zero attached hydrogens (tertiary/aromatic N) is 1. The van der Waals surface area contributed by atoms with Crippen molar-refractivity contribution in [1.82, 2.24) is 4.90 Å². The quantitative estimate of drug-likeness (QED) is 0.762. The standard InChI is InChI=1S/C13H22N2O/c1-15(10-6-9-14)13(11-16-2)12-7-4-3-5-8-12/h3-5,7-8,13H,6,9-11,14H2,1-2H3. The monoisotopic (exact) mass is 222 g/mol. The summed E-state index contributed by atoms with van der Waals surface area (Å²) in [6, 6.07) is 10.8. The third kappa shape index (κ3) is 3.93. The fourth-order valence-electron chi connectivity index (χ4n) is 1.81. The molecule has 0 amide bonds. The van der Waals surface area contributed by atoms with Crippen LogP contribution in [0.4, 0.5) is 0 Å². The van der Waals surface area contributed by atoms with Crippen LogP contribution in [0.15, 0.2) is 30.3 Å². The molecule has 0 aromatic heterocycles. The highest BCUT2D eigenvalue weighted by molar-refractivity contribution is 5.19. The normalized spacial score (nSPS) is 13.0. The van der Waals surface area contributed by atoms with Crippen LogP contribution in [0.1, 0.15) is 18.0 Å². The predicted octanol–water partition coefficient (Wildman–Crippen LogP) is 1.65. The summed E-state index contributed by atoms with van der Waals surface area (Å²) >= 11 is 0. The Kier molecular flexibility index (Phi) is 6.08. The van der Waals surface area contributed by atoms with Gasteiger partial charge in [-0.05, 0) is 32.1 Å². The largest absolute Gasteiger partial charge is 0.383 e. The lowest BCUT2D eigenvalue weighted by Gasteiger charge is -2.27. The van der Waals surface area contributed by atoms with Crippen LogP contribution in [-0.2, 0) is 4.74 Å². The molecule has 1 atom stereocenters. The van der Waals surface area contributed by atoms with Crippen molar-refractivity contribution in [2.75, 3.05) is 33.9 Å². The molecule has 0 fully saturated rings. The zero-order chi connectivity index (χ0) is 11.8. The first kappa shape index (κ1) is 13.2. The molecule has 0 aliphatic heterocycles. The highest BCUT2D eigenvalue weighted by Crippen LogP contribution is 2.19. The summed E-state index contributed by atoms with van der Waals surface area (Å²) < 4.78 is 5.29. The van der Waals surface area contributed by atoms with E-state index in [2.05, 4.69) is 36.2 Å². The molecule has 0 bridgehead atoms. The topological polar surface area (TPSA) is 38.5 Å². The van der Waals surface area contributed by atoms with Gasteiger partial charge in [0.15, 0.2) is 0 Å². The molecule has 16 heavy (non-hydrogen) atoms. The van der Waals surface area contributed by atoms with Gasteiger partial charge >= 0.3 is 0 Å². The molecule has 3 nitrogen and oxygen atoms in total. The van der Waals surface area contributed by atoms with E-state index in [1.807, 2.05) is 6.07 Å². The zero-order valence-corrected chi connectivity index (χ0v) is 10.2. The smallest absolute Gasteiger partial charge is 0.0659 e. The molecule has 1 rings (SSSR count). The van der Waals surface area contributed by atoms with E-state index < -0.39 is 0 Å².